The highest BCUT2D eigenvalue weighted by Crippen LogP contribution is 2.18. The van der Waals surface area contributed by atoms with Gasteiger partial charge < -0.3 is 9.47 Å². The quantitative estimate of drug-likeness (QED) is 0.636. The number of hydrogen-bond acceptors (Lipinski definition) is 1. The Kier molecular flexibility index (Phi) is 4.52. The highest BCUT2D eigenvalue weighted by atomic mass is 19.1. The first kappa shape index (κ1) is 17.1. The maximum Gasteiger partial charge on any atom is 0.270 e. The molecule has 134 valence electrons. The molecular weight excluding hydrogens is 339 g/mol. The van der Waals surface area contributed by atoms with E-state index < -0.39 is 0 Å². The third-order valence-electron chi connectivity index (χ3n) is 4.68. The maximum absolute atomic E-state index is 13.3. The maximum atomic E-state index is 13.3. The number of carbonyl (C=O) groups excluding carboxylic acids is 1. The van der Waals surface area contributed by atoms with Gasteiger partial charge in [-0.1, -0.05) is 47.7 Å². The molecule has 1 amide bonds. The molecule has 1 aromatic heterocycles. The number of hydrogen-bond donors (Lipinski definition) is 0. The van der Waals surface area contributed by atoms with Crippen molar-refractivity contribution in [2.75, 3.05) is 6.54 Å². The van der Waals surface area contributed by atoms with Crippen LogP contribution in [0.1, 0.15) is 32.7 Å². The summed E-state index contributed by atoms with van der Waals surface area (Å²) in [5.41, 5.74) is 4.36. The summed E-state index contributed by atoms with van der Waals surface area (Å²) in [6.45, 7) is 4.07. The molecule has 0 aliphatic carbocycles. The van der Waals surface area contributed by atoms with Gasteiger partial charge in [0, 0.05) is 37.0 Å². The van der Waals surface area contributed by atoms with E-state index in [1.54, 1.807) is 12.1 Å². The van der Waals surface area contributed by atoms with E-state index in [0.29, 0.717) is 24.3 Å². The molecule has 3 aromatic rings. The van der Waals surface area contributed by atoms with E-state index in [-0.39, 0.29) is 11.7 Å². The van der Waals surface area contributed by atoms with Gasteiger partial charge in [-0.05, 0) is 36.8 Å². The molecular formula is C23H19FN2O. The predicted octanol–water partition coefficient (Wildman–Crippen LogP) is 3.99. The molecule has 0 fully saturated rings. The fraction of sp³-hybridized carbons (Fsp3) is 0.174. The van der Waals surface area contributed by atoms with Gasteiger partial charge in [0.15, 0.2) is 0 Å². The Bertz CT molecular complexity index is 1050. The second-order valence-electron chi connectivity index (χ2n) is 6.78. The van der Waals surface area contributed by atoms with Gasteiger partial charge in [0.25, 0.3) is 5.91 Å². The highest BCUT2D eigenvalue weighted by Gasteiger charge is 2.25. The first-order chi connectivity index (χ1) is 13.1. The normalized spacial score (nSPS) is 13.1. The molecule has 0 atom stereocenters. The number of fused-ring (bicyclic) bond motifs is 1. The Labute approximate surface area is 158 Å². The first-order valence-corrected chi connectivity index (χ1v) is 8.91. The van der Waals surface area contributed by atoms with Crippen LogP contribution in [0.15, 0.2) is 60.8 Å². The monoisotopic (exact) mass is 358 g/mol. The summed E-state index contributed by atoms with van der Waals surface area (Å²) in [5.74, 6) is 5.69. The zero-order valence-corrected chi connectivity index (χ0v) is 15.1. The molecule has 0 saturated carbocycles. The summed E-state index contributed by atoms with van der Waals surface area (Å²) in [5, 5.41) is 0. The van der Waals surface area contributed by atoms with E-state index in [1.165, 1.54) is 17.7 Å². The van der Waals surface area contributed by atoms with Crippen LogP contribution < -0.4 is 0 Å². The molecule has 3 nitrogen and oxygen atoms in total. The van der Waals surface area contributed by atoms with Gasteiger partial charge >= 0.3 is 0 Å². The number of benzene rings is 2. The van der Waals surface area contributed by atoms with Gasteiger partial charge in [-0.2, -0.15) is 0 Å². The Hall–Kier alpha value is -3.32. The number of carbonyl (C=O) groups is 1. The highest BCUT2D eigenvalue weighted by molar-refractivity contribution is 5.94. The number of rotatable bonds is 2. The number of halogens is 1. The minimum absolute atomic E-state index is 0.0145. The van der Waals surface area contributed by atoms with Crippen LogP contribution in [0, 0.1) is 24.6 Å². The van der Waals surface area contributed by atoms with Crippen molar-refractivity contribution < 1.29 is 9.18 Å². The van der Waals surface area contributed by atoms with Crippen LogP contribution in [0.5, 0.6) is 0 Å². The van der Waals surface area contributed by atoms with Gasteiger partial charge in [0.05, 0.1) is 0 Å². The van der Waals surface area contributed by atoms with E-state index >= 15 is 0 Å². The Morgan fingerprint density at radius 3 is 2.56 bits per heavy atom. The van der Waals surface area contributed by atoms with Gasteiger partial charge in [-0.15, -0.1) is 0 Å². The molecule has 1 aliphatic heterocycles. The van der Waals surface area contributed by atoms with E-state index in [2.05, 4.69) is 43.0 Å². The van der Waals surface area contributed by atoms with Gasteiger partial charge in [-0.25, -0.2) is 4.39 Å². The second-order valence-corrected chi connectivity index (χ2v) is 6.78. The SMILES string of the molecule is Cc1ccc(CN2CCn3cc(C#Cc4cccc(F)c4)cc3C2=O)cc1. The fourth-order valence-electron chi connectivity index (χ4n) is 3.21. The smallest absolute Gasteiger partial charge is 0.270 e. The molecule has 4 rings (SSSR count). The van der Waals surface area contributed by atoms with Crippen LogP contribution in [0.2, 0.25) is 0 Å². The average Bonchev–Trinajstić information content (AvgIpc) is 3.08. The molecule has 2 heterocycles. The summed E-state index contributed by atoms with van der Waals surface area (Å²) in [4.78, 5) is 14.7. The topological polar surface area (TPSA) is 25.2 Å². The van der Waals surface area contributed by atoms with Crippen LogP contribution in [0.4, 0.5) is 4.39 Å². The molecule has 0 unspecified atom stereocenters. The third-order valence-corrected chi connectivity index (χ3v) is 4.68. The van der Waals surface area contributed by atoms with Crippen molar-refractivity contribution in [1.82, 2.24) is 9.47 Å². The standard InChI is InChI=1S/C23H19FN2O/c1-17-5-7-19(8-6-17)15-26-12-11-25-16-20(14-22(25)23(26)27)10-9-18-3-2-4-21(24)13-18/h2-8,13-14,16H,11-12,15H2,1H3. The van der Waals surface area contributed by atoms with Crippen LogP contribution in [-0.2, 0) is 13.1 Å². The van der Waals surface area contributed by atoms with Gasteiger partial charge in [-0.3, -0.25) is 4.79 Å². The van der Waals surface area contributed by atoms with Gasteiger partial charge in [0.2, 0.25) is 0 Å². The Morgan fingerprint density at radius 1 is 1.00 bits per heavy atom. The fourth-order valence-corrected chi connectivity index (χ4v) is 3.21. The molecule has 27 heavy (non-hydrogen) atoms. The molecule has 0 N–H and O–H groups in total. The minimum Gasteiger partial charge on any atom is -0.340 e. The Morgan fingerprint density at radius 2 is 1.78 bits per heavy atom. The third kappa shape index (κ3) is 3.78. The Balaban J connectivity index is 1.53. The number of amides is 1. The van der Waals surface area contributed by atoms with Crippen molar-refractivity contribution in [2.45, 2.75) is 20.0 Å². The zero-order chi connectivity index (χ0) is 18.8. The summed E-state index contributed by atoms with van der Waals surface area (Å²) in [6, 6.07) is 16.3. The lowest BCUT2D eigenvalue weighted by atomic mass is 10.1. The number of aromatic nitrogens is 1. The van der Waals surface area contributed by atoms with Crippen LogP contribution in [0.3, 0.4) is 0 Å². The first-order valence-electron chi connectivity index (χ1n) is 8.91. The van der Waals surface area contributed by atoms with E-state index in [9.17, 15) is 9.18 Å². The summed E-state index contributed by atoms with van der Waals surface area (Å²) < 4.78 is 15.2. The van der Waals surface area contributed by atoms with Crippen LogP contribution >= 0.6 is 0 Å². The average molecular weight is 358 g/mol. The van der Waals surface area contributed by atoms with E-state index in [0.717, 1.165) is 17.7 Å². The molecule has 2 aromatic carbocycles. The predicted molar refractivity (Wildman–Crippen MR) is 103 cm³/mol. The van der Waals surface area contributed by atoms with Crippen molar-refractivity contribution in [3.63, 3.8) is 0 Å². The molecule has 0 spiro atoms. The zero-order valence-electron chi connectivity index (χ0n) is 15.1. The van der Waals surface area contributed by atoms with Crippen molar-refractivity contribution in [2.24, 2.45) is 0 Å². The van der Waals surface area contributed by atoms with E-state index in [4.69, 9.17) is 0 Å². The lowest BCUT2D eigenvalue weighted by Gasteiger charge is -2.28. The molecule has 0 saturated heterocycles. The van der Waals surface area contributed by atoms with E-state index in [1.807, 2.05) is 21.7 Å². The minimum atomic E-state index is -0.306. The largest absolute Gasteiger partial charge is 0.340 e. The second kappa shape index (κ2) is 7.13. The van der Waals surface area contributed by atoms with Crippen LogP contribution in [-0.4, -0.2) is 21.9 Å². The summed E-state index contributed by atoms with van der Waals surface area (Å²) in [6.07, 6.45) is 1.89. The number of nitrogens with zero attached hydrogens (tertiary/aromatic N) is 2. The summed E-state index contributed by atoms with van der Waals surface area (Å²) in [7, 11) is 0. The van der Waals surface area contributed by atoms with Crippen molar-refractivity contribution in [1.29, 1.82) is 0 Å². The molecule has 0 bridgehead atoms. The van der Waals surface area contributed by atoms with Gasteiger partial charge in [0.1, 0.15) is 11.5 Å². The van der Waals surface area contributed by atoms with Crippen LogP contribution in [0.25, 0.3) is 0 Å². The number of aryl methyl sites for hydroxylation is 1. The lowest BCUT2D eigenvalue weighted by molar-refractivity contribution is 0.0691. The van der Waals surface area contributed by atoms with Crippen molar-refractivity contribution in [3.8, 4) is 11.8 Å². The van der Waals surface area contributed by atoms with Crippen molar-refractivity contribution >= 4 is 5.91 Å². The summed E-state index contributed by atoms with van der Waals surface area (Å²) >= 11 is 0. The molecule has 4 heteroatoms. The lowest BCUT2D eigenvalue weighted by Crippen LogP contribution is -2.39. The van der Waals surface area contributed by atoms with Crippen molar-refractivity contribution in [3.05, 3.63) is 94.6 Å². The molecule has 0 radical (unpaired) electrons. The molecule has 1 aliphatic rings.